The number of aromatic nitrogens is 1. The van der Waals surface area contributed by atoms with E-state index >= 15 is 0 Å². The minimum absolute atomic E-state index is 0.0293. The second-order valence-electron chi connectivity index (χ2n) is 7.53. The molecule has 3 rings (SSSR count). The van der Waals surface area contributed by atoms with Gasteiger partial charge in [0.2, 0.25) is 5.78 Å². The summed E-state index contributed by atoms with van der Waals surface area (Å²) in [7, 11) is 0. The second-order valence-corrected chi connectivity index (χ2v) is 7.53. The molecule has 1 aliphatic heterocycles. The molecule has 2 aromatic rings. The fraction of sp³-hybridized carbons (Fsp3) is 0.292. The average Bonchev–Trinajstić information content (AvgIpc) is 3.21. The van der Waals surface area contributed by atoms with E-state index < -0.39 is 35.6 Å². The fourth-order valence-corrected chi connectivity index (χ4v) is 3.70. The molecule has 0 radical (unpaired) electrons. The first-order valence-corrected chi connectivity index (χ1v) is 10.3. The summed E-state index contributed by atoms with van der Waals surface area (Å²) in [5.41, 5.74) is 1.59. The van der Waals surface area contributed by atoms with Crippen molar-refractivity contribution in [1.82, 2.24) is 9.88 Å². The number of hydrogen-bond acceptors (Lipinski definition) is 7. The molecule has 2 amide bonds. The normalized spacial score (nSPS) is 13.5. The van der Waals surface area contributed by atoms with Crippen LogP contribution in [-0.2, 0) is 9.47 Å². The lowest BCUT2D eigenvalue weighted by Gasteiger charge is -2.12. The maximum atomic E-state index is 12.9. The van der Waals surface area contributed by atoms with Gasteiger partial charge in [-0.1, -0.05) is 6.08 Å². The summed E-state index contributed by atoms with van der Waals surface area (Å²) in [5, 5.41) is 0. The molecular formula is C24H24N2O7. The zero-order valence-corrected chi connectivity index (χ0v) is 18.8. The molecular weight excluding hydrogens is 428 g/mol. The number of Topliss-reactive ketones (excluding diaryl/α,β-unsaturated/α-hetero) is 1. The molecule has 172 valence electrons. The predicted molar refractivity (Wildman–Crippen MR) is 117 cm³/mol. The van der Waals surface area contributed by atoms with Crippen molar-refractivity contribution in [2.45, 2.75) is 33.8 Å². The van der Waals surface area contributed by atoms with E-state index in [4.69, 9.17) is 9.47 Å². The number of ketones is 1. The molecule has 33 heavy (non-hydrogen) atoms. The van der Waals surface area contributed by atoms with E-state index in [0.717, 1.165) is 4.90 Å². The van der Waals surface area contributed by atoms with Gasteiger partial charge >= 0.3 is 11.9 Å². The maximum absolute atomic E-state index is 12.9. The Kier molecular flexibility index (Phi) is 6.62. The molecule has 0 fully saturated rings. The molecule has 0 spiro atoms. The van der Waals surface area contributed by atoms with Crippen LogP contribution in [0.5, 0.6) is 0 Å². The topological polar surface area (TPSA) is 123 Å². The molecule has 0 unspecified atom stereocenters. The van der Waals surface area contributed by atoms with E-state index in [2.05, 4.69) is 11.6 Å². The number of carbonyl (C=O) groups excluding carboxylic acids is 5. The Balaban J connectivity index is 1.79. The van der Waals surface area contributed by atoms with E-state index in [9.17, 15) is 24.0 Å². The molecule has 0 aliphatic carbocycles. The molecule has 1 N–H and O–H groups in total. The number of amides is 2. The number of benzene rings is 1. The van der Waals surface area contributed by atoms with Crippen LogP contribution in [0.25, 0.3) is 0 Å². The zero-order chi connectivity index (χ0) is 24.4. The molecule has 9 nitrogen and oxygen atoms in total. The number of rotatable bonds is 8. The Hall–Kier alpha value is -4.01. The number of hydrogen-bond donors (Lipinski definition) is 1. The van der Waals surface area contributed by atoms with Crippen molar-refractivity contribution in [2.24, 2.45) is 0 Å². The largest absolute Gasteiger partial charge is 0.462 e. The minimum atomic E-state index is -1.17. The Morgan fingerprint density at radius 3 is 2.42 bits per heavy atom. The summed E-state index contributed by atoms with van der Waals surface area (Å²) >= 11 is 0. The van der Waals surface area contributed by atoms with Crippen LogP contribution in [0.15, 0.2) is 30.9 Å². The number of imide groups is 1. The molecule has 2 heterocycles. The van der Waals surface area contributed by atoms with Crippen molar-refractivity contribution in [2.75, 3.05) is 13.2 Å². The highest BCUT2D eigenvalue weighted by molar-refractivity contribution is 6.22. The van der Waals surface area contributed by atoms with Gasteiger partial charge in [-0.15, -0.1) is 6.58 Å². The van der Waals surface area contributed by atoms with E-state index in [0.29, 0.717) is 11.3 Å². The van der Waals surface area contributed by atoms with Crippen molar-refractivity contribution in [3.8, 4) is 0 Å². The van der Waals surface area contributed by atoms with Crippen LogP contribution < -0.4 is 0 Å². The molecule has 0 saturated carbocycles. The number of H-pyrrole nitrogens is 1. The van der Waals surface area contributed by atoms with Crippen molar-refractivity contribution in [3.05, 3.63) is 70.1 Å². The van der Waals surface area contributed by atoms with Gasteiger partial charge < -0.3 is 14.5 Å². The quantitative estimate of drug-likeness (QED) is 0.283. The molecule has 1 atom stereocenters. The van der Waals surface area contributed by atoms with Crippen LogP contribution >= 0.6 is 0 Å². The maximum Gasteiger partial charge on any atom is 0.340 e. The molecule has 1 aliphatic rings. The zero-order valence-electron chi connectivity index (χ0n) is 18.8. The second kappa shape index (κ2) is 9.23. The summed E-state index contributed by atoms with van der Waals surface area (Å²) in [6.07, 6.45) is 0.258. The Morgan fingerprint density at radius 2 is 1.79 bits per heavy atom. The molecule has 0 saturated heterocycles. The van der Waals surface area contributed by atoms with E-state index in [-0.39, 0.29) is 41.1 Å². The first-order chi connectivity index (χ1) is 15.6. The SMILES string of the molecule is C=CCN1C(=O)c2ccc(C(=O)O[C@@H](C)C(=O)c3[nH]c(C)c(C(=O)OCC)c3C)cc2C1=O. The number of carbonyl (C=O) groups is 5. The predicted octanol–water partition coefficient (Wildman–Crippen LogP) is 3.02. The van der Waals surface area contributed by atoms with Crippen LogP contribution in [0.2, 0.25) is 0 Å². The minimum Gasteiger partial charge on any atom is -0.462 e. The van der Waals surface area contributed by atoms with Gasteiger partial charge in [-0.2, -0.15) is 0 Å². The Morgan fingerprint density at radius 1 is 1.12 bits per heavy atom. The van der Waals surface area contributed by atoms with E-state index in [1.807, 2.05) is 0 Å². The molecule has 1 aromatic heterocycles. The smallest absolute Gasteiger partial charge is 0.340 e. The van der Waals surface area contributed by atoms with E-state index in [1.165, 1.54) is 31.2 Å². The van der Waals surface area contributed by atoms with Gasteiger partial charge in [0.05, 0.1) is 34.6 Å². The summed E-state index contributed by atoms with van der Waals surface area (Å²) < 4.78 is 10.3. The highest BCUT2D eigenvalue weighted by Crippen LogP contribution is 2.25. The summed E-state index contributed by atoms with van der Waals surface area (Å²) in [5.74, 6) is -2.89. The van der Waals surface area contributed by atoms with E-state index in [1.54, 1.807) is 20.8 Å². The summed E-state index contributed by atoms with van der Waals surface area (Å²) in [6, 6.07) is 4.02. The monoisotopic (exact) mass is 452 g/mol. The number of nitrogens with zero attached hydrogens (tertiary/aromatic N) is 1. The van der Waals surface area contributed by atoms with Crippen molar-refractivity contribution < 1.29 is 33.4 Å². The van der Waals surface area contributed by atoms with Gasteiger partial charge in [-0.3, -0.25) is 19.3 Å². The molecule has 1 aromatic carbocycles. The number of esters is 2. The third kappa shape index (κ3) is 4.21. The fourth-order valence-electron chi connectivity index (χ4n) is 3.70. The van der Waals surface area contributed by atoms with Gasteiger partial charge in [-0.25, -0.2) is 9.59 Å². The van der Waals surface area contributed by atoms with Gasteiger partial charge in [0.15, 0.2) is 6.10 Å². The number of nitrogens with one attached hydrogen (secondary N) is 1. The Bertz CT molecular complexity index is 1190. The van der Waals surface area contributed by atoms with Crippen LogP contribution in [0.3, 0.4) is 0 Å². The van der Waals surface area contributed by atoms with Gasteiger partial charge in [0.1, 0.15) is 0 Å². The van der Waals surface area contributed by atoms with Crippen molar-refractivity contribution >= 4 is 29.5 Å². The number of fused-ring (bicyclic) bond motifs is 1. The van der Waals surface area contributed by atoms with Gasteiger partial charge in [0, 0.05) is 12.2 Å². The first-order valence-electron chi connectivity index (χ1n) is 10.3. The average molecular weight is 452 g/mol. The highest BCUT2D eigenvalue weighted by Gasteiger charge is 2.35. The highest BCUT2D eigenvalue weighted by atomic mass is 16.5. The summed E-state index contributed by atoms with van der Waals surface area (Å²) in [6.45, 7) is 10.1. The lowest BCUT2D eigenvalue weighted by atomic mass is 10.0. The number of aromatic amines is 1. The lowest BCUT2D eigenvalue weighted by molar-refractivity contribution is 0.0316. The van der Waals surface area contributed by atoms with Crippen LogP contribution in [0.4, 0.5) is 0 Å². The van der Waals surface area contributed by atoms with Crippen molar-refractivity contribution in [1.29, 1.82) is 0 Å². The molecule has 9 heteroatoms. The third-order valence-electron chi connectivity index (χ3n) is 5.33. The summed E-state index contributed by atoms with van der Waals surface area (Å²) in [4.78, 5) is 66.4. The van der Waals surface area contributed by atoms with Gasteiger partial charge in [0.25, 0.3) is 11.8 Å². The third-order valence-corrected chi connectivity index (χ3v) is 5.33. The molecule has 0 bridgehead atoms. The number of ether oxygens (including phenoxy) is 2. The van der Waals surface area contributed by atoms with Crippen LogP contribution in [-0.4, -0.2) is 58.7 Å². The van der Waals surface area contributed by atoms with Crippen LogP contribution in [0.1, 0.15) is 77.0 Å². The standard InChI is InChI=1S/C24H24N2O7/c1-6-10-26-21(28)16-9-8-15(11-17(16)22(26)29)23(30)33-14(5)20(27)19-12(3)18(13(4)25-19)24(31)32-7-2/h6,8-9,11,14,25H,1,7,10H2,2-5H3/t14-/m0/s1. The first kappa shape index (κ1) is 23.6. The lowest BCUT2D eigenvalue weighted by Crippen LogP contribution is -2.29. The van der Waals surface area contributed by atoms with Gasteiger partial charge in [-0.05, 0) is 51.5 Å². The van der Waals surface area contributed by atoms with Crippen LogP contribution in [0, 0.1) is 13.8 Å². The van der Waals surface area contributed by atoms with Crippen molar-refractivity contribution in [3.63, 3.8) is 0 Å². The number of aryl methyl sites for hydroxylation is 1. The Labute approximate surface area is 190 Å².